The van der Waals surface area contributed by atoms with Crippen molar-refractivity contribution in [2.24, 2.45) is 0 Å². The fraction of sp³-hybridized carbons (Fsp3) is 0.417. The molecule has 1 aliphatic rings. The zero-order chi connectivity index (χ0) is 11.4. The van der Waals surface area contributed by atoms with Crippen LogP contribution < -0.4 is 5.32 Å². The summed E-state index contributed by atoms with van der Waals surface area (Å²) in [4.78, 5) is 12.4. The van der Waals surface area contributed by atoms with Crippen molar-refractivity contribution in [3.05, 3.63) is 28.0 Å². The molecule has 1 aromatic rings. The third-order valence-corrected chi connectivity index (χ3v) is 4.48. The Morgan fingerprint density at radius 1 is 1.65 bits per heavy atom. The highest BCUT2D eigenvalue weighted by molar-refractivity contribution is 8.14. The summed E-state index contributed by atoms with van der Waals surface area (Å²) in [5.41, 5.74) is 1.34. The van der Waals surface area contributed by atoms with E-state index in [9.17, 15) is 4.79 Å². The third-order valence-electron chi connectivity index (χ3n) is 2.51. The number of hydrogen-bond donors (Lipinski definition) is 1. The van der Waals surface area contributed by atoms with Crippen LogP contribution in [0, 0.1) is 0 Å². The standard InChI is InChI=1S/C12H15NOS2.ClH/c1-9(14)16-12-4-5-13-8-10(12)7-11-3-2-6-15-11;/h2-3,6-7,12-13H,4-5,8H2,1H3;1H/b10-7+;. The number of piperidine rings is 1. The molecule has 1 N–H and O–H groups in total. The average Bonchev–Trinajstić information content (AvgIpc) is 2.73. The van der Waals surface area contributed by atoms with Gasteiger partial charge in [-0.3, -0.25) is 4.79 Å². The second kappa shape index (κ2) is 7.21. The lowest BCUT2D eigenvalue weighted by Gasteiger charge is -2.24. The monoisotopic (exact) mass is 289 g/mol. The number of thioether (sulfide) groups is 1. The van der Waals surface area contributed by atoms with E-state index in [1.807, 2.05) is 0 Å². The summed E-state index contributed by atoms with van der Waals surface area (Å²) >= 11 is 3.20. The van der Waals surface area contributed by atoms with Gasteiger partial charge in [-0.15, -0.1) is 23.7 Å². The Kier molecular flexibility index (Phi) is 6.27. The minimum atomic E-state index is 0. The van der Waals surface area contributed by atoms with Crippen LogP contribution in [0.25, 0.3) is 6.08 Å². The van der Waals surface area contributed by atoms with Crippen LogP contribution in [-0.4, -0.2) is 23.5 Å². The summed E-state index contributed by atoms with van der Waals surface area (Å²) in [6, 6.07) is 4.17. The highest BCUT2D eigenvalue weighted by Gasteiger charge is 2.20. The summed E-state index contributed by atoms with van der Waals surface area (Å²) in [7, 11) is 0. The van der Waals surface area contributed by atoms with Crippen LogP contribution in [0.5, 0.6) is 0 Å². The van der Waals surface area contributed by atoms with Gasteiger partial charge in [0.1, 0.15) is 0 Å². The smallest absolute Gasteiger partial charge is 0.186 e. The fourth-order valence-corrected chi connectivity index (χ4v) is 3.43. The molecule has 0 radical (unpaired) electrons. The van der Waals surface area contributed by atoms with E-state index in [4.69, 9.17) is 0 Å². The number of rotatable bonds is 2. The van der Waals surface area contributed by atoms with Gasteiger partial charge in [0.25, 0.3) is 0 Å². The number of thiophene rings is 1. The molecule has 0 aliphatic carbocycles. The van der Waals surface area contributed by atoms with Crippen molar-refractivity contribution in [3.8, 4) is 0 Å². The van der Waals surface area contributed by atoms with Crippen molar-refractivity contribution >= 4 is 46.7 Å². The van der Waals surface area contributed by atoms with Gasteiger partial charge in [0.05, 0.1) is 0 Å². The van der Waals surface area contributed by atoms with Crippen LogP contribution in [-0.2, 0) is 4.79 Å². The molecule has 1 saturated heterocycles. The molecule has 17 heavy (non-hydrogen) atoms. The van der Waals surface area contributed by atoms with Crippen LogP contribution in [0.2, 0.25) is 0 Å². The molecule has 2 heterocycles. The van der Waals surface area contributed by atoms with Gasteiger partial charge in [-0.1, -0.05) is 17.8 Å². The molecule has 1 aromatic heterocycles. The molecule has 0 spiro atoms. The molecule has 1 aliphatic heterocycles. The maximum Gasteiger partial charge on any atom is 0.186 e. The van der Waals surface area contributed by atoms with Crippen molar-refractivity contribution in [2.75, 3.05) is 13.1 Å². The Morgan fingerprint density at radius 3 is 3.12 bits per heavy atom. The van der Waals surface area contributed by atoms with Crippen LogP contribution >= 0.6 is 35.5 Å². The molecule has 5 heteroatoms. The number of halogens is 1. The predicted molar refractivity (Wildman–Crippen MR) is 79.1 cm³/mol. The van der Waals surface area contributed by atoms with Gasteiger partial charge in [0, 0.05) is 23.6 Å². The largest absolute Gasteiger partial charge is 0.313 e. The predicted octanol–water partition coefficient (Wildman–Crippen LogP) is 3.19. The first-order valence-corrected chi connectivity index (χ1v) is 7.13. The fourth-order valence-electron chi connectivity index (χ4n) is 1.80. The second-order valence-corrected chi connectivity index (χ2v) is 6.16. The maximum absolute atomic E-state index is 11.2. The lowest BCUT2D eigenvalue weighted by molar-refractivity contribution is -0.109. The van der Waals surface area contributed by atoms with Crippen molar-refractivity contribution in [3.63, 3.8) is 0 Å². The molecule has 0 aromatic carbocycles. The van der Waals surface area contributed by atoms with E-state index in [0.717, 1.165) is 19.5 Å². The molecule has 0 amide bonds. The zero-order valence-electron chi connectivity index (χ0n) is 9.64. The first kappa shape index (κ1) is 14.8. The highest BCUT2D eigenvalue weighted by Crippen LogP contribution is 2.27. The summed E-state index contributed by atoms with van der Waals surface area (Å²) in [6.45, 7) is 3.56. The quantitative estimate of drug-likeness (QED) is 0.906. The topological polar surface area (TPSA) is 29.1 Å². The lowest BCUT2D eigenvalue weighted by atomic mass is 10.1. The van der Waals surface area contributed by atoms with Gasteiger partial charge in [0.2, 0.25) is 0 Å². The number of carbonyl (C=O) groups is 1. The van der Waals surface area contributed by atoms with E-state index < -0.39 is 0 Å². The van der Waals surface area contributed by atoms with E-state index in [1.54, 1.807) is 18.3 Å². The van der Waals surface area contributed by atoms with E-state index in [1.165, 1.54) is 22.2 Å². The minimum Gasteiger partial charge on any atom is -0.313 e. The summed E-state index contributed by atoms with van der Waals surface area (Å²) in [5, 5.41) is 6.02. The molecule has 0 bridgehead atoms. The molecular formula is C12H16ClNOS2. The Balaban J connectivity index is 0.00000144. The van der Waals surface area contributed by atoms with Crippen LogP contribution in [0.4, 0.5) is 0 Å². The SMILES string of the molecule is CC(=O)SC1CCNC/C1=C\c1cccs1.Cl. The molecule has 1 atom stereocenters. The van der Waals surface area contributed by atoms with E-state index >= 15 is 0 Å². The van der Waals surface area contributed by atoms with Crippen molar-refractivity contribution in [1.29, 1.82) is 0 Å². The van der Waals surface area contributed by atoms with Gasteiger partial charge >= 0.3 is 0 Å². The average molecular weight is 290 g/mol. The van der Waals surface area contributed by atoms with Crippen molar-refractivity contribution < 1.29 is 4.79 Å². The van der Waals surface area contributed by atoms with Gasteiger partial charge in [-0.05, 0) is 36.1 Å². The molecule has 1 fully saturated rings. The van der Waals surface area contributed by atoms with Gasteiger partial charge in [0.15, 0.2) is 5.12 Å². The number of nitrogens with one attached hydrogen (secondary N) is 1. The Morgan fingerprint density at radius 2 is 2.47 bits per heavy atom. The highest BCUT2D eigenvalue weighted by atomic mass is 35.5. The molecule has 1 unspecified atom stereocenters. The number of carbonyl (C=O) groups excluding carboxylic acids is 1. The molecule has 2 rings (SSSR count). The van der Waals surface area contributed by atoms with Gasteiger partial charge < -0.3 is 5.32 Å². The van der Waals surface area contributed by atoms with Gasteiger partial charge in [-0.25, -0.2) is 0 Å². The molecule has 0 saturated carbocycles. The Labute approximate surface area is 116 Å². The normalized spacial score (nSPS) is 22.2. The lowest BCUT2D eigenvalue weighted by Crippen LogP contribution is -2.32. The van der Waals surface area contributed by atoms with Crippen molar-refractivity contribution in [2.45, 2.75) is 18.6 Å². The Bertz CT molecular complexity index is 389. The van der Waals surface area contributed by atoms with Gasteiger partial charge in [-0.2, -0.15) is 0 Å². The number of hydrogen-bond acceptors (Lipinski definition) is 4. The summed E-state index contributed by atoms with van der Waals surface area (Å²) in [5.74, 6) is 0. The Hall–Kier alpha value is -0.290. The third kappa shape index (κ3) is 4.47. The van der Waals surface area contributed by atoms with E-state index in [0.29, 0.717) is 5.25 Å². The van der Waals surface area contributed by atoms with Crippen LogP contribution in [0.1, 0.15) is 18.2 Å². The maximum atomic E-state index is 11.2. The van der Waals surface area contributed by atoms with E-state index in [-0.39, 0.29) is 17.5 Å². The van der Waals surface area contributed by atoms with Crippen molar-refractivity contribution in [1.82, 2.24) is 5.32 Å². The van der Waals surface area contributed by atoms with Crippen LogP contribution in [0.3, 0.4) is 0 Å². The zero-order valence-corrected chi connectivity index (χ0v) is 12.1. The minimum absolute atomic E-state index is 0. The molecule has 2 nitrogen and oxygen atoms in total. The van der Waals surface area contributed by atoms with Crippen LogP contribution in [0.15, 0.2) is 23.1 Å². The first-order chi connectivity index (χ1) is 7.75. The molecular weight excluding hydrogens is 274 g/mol. The summed E-state index contributed by atoms with van der Waals surface area (Å²) < 4.78 is 0. The van der Waals surface area contributed by atoms with E-state index in [2.05, 4.69) is 28.9 Å². The molecule has 94 valence electrons. The second-order valence-electron chi connectivity index (χ2n) is 3.80. The summed E-state index contributed by atoms with van der Waals surface area (Å²) in [6.07, 6.45) is 3.26. The first-order valence-electron chi connectivity index (χ1n) is 5.37.